The molecule has 5 nitrogen and oxygen atoms in total. The molecule has 104 valence electrons. The molecular formula is C13H19N3O2S. The lowest BCUT2D eigenvalue weighted by atomic mass is 9.97. The van der Waals surface area contributed by atoms with Crippen LogP contribution in [0, 0.1) is 0 Å². The Labute approximate surface area is 118 Å². The molecule has 2 amide bonds. The summed E-state index contributed by atoms with van der Waals surface area (Å²) in [6.07, 6.45) is 6.37. The van der Waals surface area contributed by atoms with E-state index >= 15 is 0 Å². The van der Waals surface area contributed by atoms with Gasteiger partial charge in [-0.15, -0.1) is 0 Å². The van der Waals surface area contributed by atoms with Gasteiger partial charge in [-0.3, -0.25) is 14.5 Å². The predicted molar refractivity (Wildman–Crippen MR) is 74.4 cm³/mol. The van der Waals surface area contributed by atoms with Crippen molar-refractivity contribution in [2.75, 3.05) is 6.54 Å². The summed E-state index contributed by atoms with van der Waals surface area (Å²) in [6, 6.07) is -0.421. The van der Waals surface area contributed by atoms with Crippen LogP contribution in [0.5, 0.6) is 0 Å². The predicted octanol–water partition coefficient (Wildman–Crippen LogP) is 0.685. The summed E-state index contributed by atoms with van der Waals surface area (Å²) in [5.74, 6) is -0.0536. The van der Waals surface area contributed by atoms with E-state index in [9.17, 15) is 9.59 Å². The van der Waals surface area contributed by atoms with Crippen molar-refractivity contribution >= 4 is 29.1 Å². The van der Waals surface area contributed by atoms with E-state index in [1.54, 1.807) is 4.90 Å². The normalized spacial score (nSPS) is 30.4. The third kappa shape index (κ3) is 2.02. The topological polar surface area (TPSA) is 61.4 Å². The van der Waals surface area contributed by atoms with E-state index in [0.717, 1.165) is 38.5 Å². The summed E-state index contributed by atoms with van der Waals surface area (Å²) >= 11 is 5.32. The van der Waals surface area contributed by atoms with Gasteiger partial charge in [0.05, 0.1) is 0 Å². The molecule has 3 fully saturated rings. The van der Waals surface area contributed by atoms with Crippen molar-refractivity contribution in [3.8, 4) is 0 Å². The smallest absolute Gasteiger partial charge is 0.255 e. The molecule has 0 radical (unpaired) electrons. The minimum absolute atomic E-state index is 0.0112. The number of carbonyl (C=O) groups excluding carboxylic acids is 2. The Bertz CT molecular complexity index is 432. The van der Waals surface area contributed by atoms with Gasteiger partial charge in [-0.1, -0.05) is 12.8 Å². The molecule has 2 aliphatic heterocycles. The molecule has 3 rings (SSSR count). The highest BCUT2D eigenvalue weighted by Gasteiger charge is 2.53. The summed E-state index contributed by atoms with van der Waals surface area (Å²) in [7, 11) is 0. The van der Waals surface area contributed by atoms with Gasteiger partial charge >= 0.3 is 0 Å². The first-order valence-electron chi connectivity index (χ1n) is 7.08. The molecule has 0 unspecified atom stereocenters. The van der Waals surface area contributed by atoms with Crippen LogP contribution in [0.15, 0.2) is 0 Å². The molecule has 0 bridgehead atoms. The number of hydrogen-bond acceptors (Lipinski definition) is 3. The van der Waals surface area contributed by atoms with Gasteiger partial charge in [0.25, 0.3) is 5.91 Å². The van der Waals surface area contributed by atoms with Gasteiger partial charge in [0.1, 0.15) is 11.6 Å². The number of hydrogen-bond donors (Lipinski definition) is 2. The van der Waals surface area contributed by atoms with Crippen molar-refractivity contribution in [1.29, 1.82) is 0 Å². The van der Waals surface area contributed by atoms with Crippen molar-refractivity contribution in [3.05, 3.63) is 0 Å². The van der Waals surface area contributed by atoms with Crippen LogP contribution in [0.2, 0.25) is 0 Å². The Balaban J connectivity index is 1.85. The van der Waals surface area contributed by atoms with Crippen LogP contribution in [0.25, 0.3) is 0 Å². The van der Waals surface area contributed by atoms with Crippen molar-refractivity contribution < 1.29 is 9.59 Å². The average molecular weight is 281 g/mol. The standard InChI is InChI=1S/C13H19N3O2S/c17-10-9(5-1-4-8-14-10)16-11(18)13(15-12(16)19)6-2-3-7-13/h9H,1-8H2,(H,14,17)(H,15,19)/t9-/m1/s1. The highest BCUT2D eigenvalue weighted by atomic mass is 32.1. The minimum Gasteiger partial charge on any atom is -0.354 e. The van der Waals surface area contributed by atoms with Crippen LogP contribution in [0.1, 0.15) is 44.9 Å². The number of nitrogens with one attached hydrogen (secondary N) is 2. The lowest BCUT2D eigenvalue weighted by Crippen LogP contribution is -2.50. The number of rotatable bonds is 1. The van der Waals surface area contributed by atoms with E-state index in [1.165, 1.54) is 0 Å². The lowest BCUT2D eigenvalue weighted by molar-refractivity contribution is -0.137. The number of carbonyl (C=O) groups is 2. The van der Waals surface area contributed by atoms with Gasteiger partial charge in [-0.2, -0.15) is 0 Å². The van der Waals surface area contributed by atoms with E-state index in [-0.39, 0.29) is 11.8 Å². The van der Waals surface area contributed by atoms with E-state index in [0.29, 0.717) is 18.1 Å². The van der Waals surface area contributed by atoms with E-state index in [4.69, 9.17) is 12.2 Å². The second-order valence-electron chi connectivity index (χ2n) is 5.70. The molecule has 1 saturated carbocycles. The molecule has 0 aromatic carbocycles. The van der Waals surface area contributed by atoms with Crippen molar-refractivity contribution in [2.24, 2.45) is 0 Å². The fraction of sp³-hybridized carbons (Fsp3) is 0.769. The second-order valence-corrected chi connectivity index (χ2v) is 6.08. The molecule has 1 aliphatic carbocycles. The summed E-state index contributed by atoms with van der Waals surface area (Å²) < 4.78 is 0. The molecule has 2 N–H and O–H groups in total. The van der Waals surface area contributed by atoms with Crippen LogP contribution in [-0.4, -0.2) is 40.0 Å². The molecule has 1 atom stereocenters. The summed E-state index contributed by atoms with van der Waals surface area (Å²) in [4.78, 5) is 26.3. The molecule has 2 heterocycles. The maximum atomic E-state index is 12.7. The number of nitrogens with zero attached hydrogens (tertiary/aromatic N) is 1. The van der Waals surface area contributed by atoms with E-state index in [2.05, 4.69) is 10.6 Å². The Hall–Kier alpha value is -1.17. The summed E-state index contributed by atoms with van der Waals surface area (Å²) in [5, 5.41) is 6.51. The molecule has 1 spiro atoms. The Morgan fingerprint density at radius 3 is 2.63 bits per heavy atom. The largest absolute Gasteiger partial charge is 0.354 e. The average Bonchev–Trinajstić information content (AvgIpc) is 2.86. The fourth-order valence-corrected chi connectivity index (χ4v) is 3.82. The van der Waals surface area contributed by atoms with Crippen LogP contribution in [0.3, 0.4) is 0 Å². The van der Waals surface area contributed by atoms with Gasteiger partial charge in [-0.25, -0.2) is 0 Å². The number of thiocarbonyl (C=S) groups is 1. The molecule has 3 aliphatic rings. The fourth-order valence-electron chi connectivity index (χ4n) is 3.41. The van der Waals surface area contributed by atoms with Crippen LogP contribution < -0.4 is 10.6 Å². The van der Waals surface area contributed by atoms with E-state index < -0.39 is 11.6 Å². The highest BCUT2D eigenvalue weighted by molar-refractivity contribution is 7.80. The second kappa shape index (κ2) is 4.74. The van der Waals surface area contributed by atoms with Gasteiger partial charge < -0.3 is 10.6 Å². The maximum Gasteiger partial charge on any atom is 0.255 e. The zero-order chi connectivity index (χ0) is 13.5. The van der Waals surface area contributed by atoms with Gasteiger partial charge in [-0.05, 0) is 44.3 Å². The molecule has 6 heteroatoms. The SMILES string of the molecule is O=C1NCCCC[C@H]1N1C(=O)C2(CCCC2)NC1=S. The van der Waals surface area contributed by atoms with Crippen molar-refractivity contribution in [2.45, 2.75) is 56.5 Å². The molecule has 2 saturated heterocycles. The first kappa shape index (κ1) is 12.8. The van der Waals surface area contributed by atoms with Crippen molar-refractivity contribution in [1.82, 2.24) is 15.5 Å². The van der Waals surface area contributed by atoms with Gasteiger partial charge in [0.15, 0.2) is 5.11 Å². The zero-order valence-electron chi connectivity index (χ0n) is 10.9. The third-order valence-electron chi connectivity index (χ3n) is 4.47. The third-order valence-corrected chi connectivity index (χ3v) is 4.77. The quantitative estimate of drug-likeness (QED) is 0.694. The first-order valence-corrected chi connectivity index (χ1v) is 7.48. The minimum atomic E-state index is -0.510. The van der Waals surface area contributed by atoms with E-state index in [1.807, 2.05) is 0 Å². The van der Waals surface area contributed by atoms with Crippen LogP contribution in [-0.2, 0) is 9.59 Å². The Morgan fingerprint density at radius 1 is 1.16 bits per heavy atom. The first-order chi connectivity index (χ1) is 9.14. The monoisotopic (exact) mass is 281 g/mol. The lowest BCUT2D eigenvalue weighted by Gasteiger charge is -2.25. The van der Waals surface area contributed by atoms with Gasteiger partial charge in [0.2, 0.25) is 5.91 Å². The molecular weight excluding hydrogens is 262 g/mol. The maximum absolute atomic E-state index is 12.7. The Kier molecular flexibility index (Phi) is 3.20. The van der Waals surface area contributed by atoms with Crippen LogP contribution in [0.4, 0.5) is 0 Å². The van der Waals surface area contributed by atoms with Gasteiger partial charge in [0, 0.05) is 6.54 Å². The Morgan fingerprint density at radius 2 is 1.89 bits per heavy atom. The summed E-state index contributed by atoms with van der Waals surface area (Å²) in [5.41, 5.74) is -0.510. The summed E-state index contributed by atoms with van der Waals surface area (Å²) in [6.45, 7) is 0.697. The van der Waals surface area contributed by atoms with Crippen molar-refractivity contribution in [3.63, 3.8) is 0 Å². The molecule has 19 heavy (non-hydrogen) atoms. The molecule has 0 aromatic heterocycles. The highest BCUT2D eigenvalue weighted by Crippen LogP contribution is 2.36. The zero-order valence-corrected chi connectivity index (χ0v) is 11.7. The number of amides is 2. The van der Waals surface area contributed by atoms with Crippen LogP contribution >= 0.6 is 12.2 Å². The molecule has 0 aromatic rings.